The van der Waals surface area contributed by atoms with Gasteiger partial charge in [-0.2, -0.15) is 0 Å². The Balaban J connectivity index is 2.54. The zero-order chi connectivity index (χ0) is 14.3. The summed E-state index contributed by atoms with van der Waals surface area (Å²) in [6, 6.07) is 8.01. The van der Waals surface area contributed by atoms with Crippen LogP contribution in [-0.4, -0.2) is 12.5 Å². The van der Waals surface area contributed by atoms with E-state index in [1.54, 1.807) is 0 Å². The molecule has 3 nitrogen and oxygen atoms in total. The lowest BCUT2D eigenvalue weighted by Gasteiger charge is -2.15. The van der Waals surface area contributed by atoms with E-state index < -0.39 is 0 Å². The predicted molar refractivity (Wildman–Crippen MR) is 81.1 cm³/mol. The van der Waals surface area contributed by atoms with Crippen molar-refractivity contribution in [2.45, 2.75) is 40.7 Å². The highest BCUT2D eigenvalue weighted by molar-refractivity contribution is 5.90. The minimum atomic E-state index is 0.0989. The maximum absolute atomic E-state index is 11.9. The van der Waals surface area contributed by atoms with Crippen molar-refractivity contribution in [2.75, 3.05) is 11.9 Å². The van der Waals surface area contributed by atoms with Crippen molar-refractivity contribution >= 4 is 11.6 Å². The molecule has 0 heterocycles. The number of anilines is 1. The molecule has 2 N–H and O–H groups in total. The summed E-state index contributed by atoms with van der Waals surface area (Å²) in [5.74, 6) is 1.04. The predicted octanol–water partition coefficient (Wildman–Crippen LogP) is 3.42. The van der Waals surface area contributed by atoms with Crippen LogP contribution in [0.25, 0.3) is 0 Å². The van der Waals surface area contributed by atoms with Crippen LogP contribution >= 0.6 is 0 Å². The Kier molecular flexibility index (Phi) is 6.57. The van der Waals surface area contributed by atoms with Crippen molar-refractivity contribution in [3.8, 4) is 0 Å². The Hall–Kier alpha value is -1.35. The van der Waals surface area contributed by atoms with Gasteiger partial charge in [0.15, 0.2) is 0 Å². The van der Waals surface area contributed by atoms with E-state index in [1.165, 1.54) is 5.56 Å². The highest BCUT2D eigenvalue weighted by Gasteiger charge is 2.12. The molecule has 1 amide bonds. The summed E-state index contributed by atoms with van der Waals surface area (Å²) in [6.45, 7) is 10.3. The number of amides is 1. The van der Waals surface area contributed by atoms with Crippen LogP contribution in [0, 0.1) is 11.8 Å². The third kappa shape index (κ3) is 5.88. The average Bonchev–Trinajstić information content (AvgIpc) is 2.36. The van der Waals surface area contributed by atoms with Crippen LogP contribution in [0.1, 0.15) is 39.7 Å². The molecule has 0 fully saturated rings. The fraction of sp³-hybridized carbons (Fsp3) is 0.562. The largest absolute Gasteiger partial charge is 0.326 e. The van der Waals surface area contributed by atoms with Gasteiger partial charge in [-0.25, -0.2) is 0 Å². The Labute approximate surface area is 116 Å². The second-order valence-corrected chi connectivity index (χ2v) is 5.45. The molecule has 0 aliphatic carbocycles. The molecule has 0 saturated carbocycles. The molecule has 0 spiro atoms. The van der Waals surface area contributed by atoms with Crippen molar-refractivity contribution in [1.82, 2.24) is 5.32 Å². The zero-order valence-corrected chi connectivity index (χ0v) is 12.5. The van der Waals surface area contributed by atoms with E-state index in [0.29, 0.717) is 18.3 Å². The van der Waals surface area contributed by atoms with Crippen LogP contribution in [0.4, 0.5) is 5.69 Å². The summed E-state index contributed by atoms with van der Waals surface area (Å²) >= 11 is 0. The maximum atomic E-state index is 11.9. The summed E-state index contributed by atoms with van der Waals surface area (Å²) < 4.78 is 0. The highest BCUT2D eigenvalue weighted by Crippen LogP contribution is 2.16. The van der Waals surface area contributed by atoms with E-state index in [0.717, 1.165) is 18.8 Å². The van der Waals surface area contributed by atoms with E-state index >= 15 is 0 Å². The summed E-state index contributed by atoms with van der Waals surface area (Å²) in [5, 5.41) is 6.26. The van der Waals surface area contributed by atoms with E-state index in [-0.39, 0.29) is 5.91 Å². The topological polar surface area (TPSA) is 41.1 Å². The van der Waals surface area contributed by atoms with Crippen LogP contribution in [0.5, 0.6) is 0 Å². The van der Waals surface area contributed by atoms with Crippen LogP contribution in [0.3, 0.4) is 0 Å². The van der Waals surface area contributed by atoms with Gasteiger partial charge in [0, 0.05) is 18.7 Å². The van der Waals surface area contributed by atoms with Crippen LogP contribution in [0.2, 0.25) is 0 Å². The lowest BCUT2D eigenvalue weighted by Crippen LogP contribution is -2.18. The molecule has 1 aromatic rings. The quantitative estimate of drug-likeness (QED) is 0.790. The van der Waals surface area contributed by atoms with Gasteiger partial charge in [0.05, 0.1) is 0 Å². The molecule has 1 atom stereocenters. The van der Waals surface area contributed by atoms with E-state index in [2.05, 4.69) is 44.4 Å². The first-order chi connectivity index (χ1) is 9.02. The van der Waals surface area contributed by atoms with Crippen molar-refractivity contribution in [1.29, 1.82) is 0 Å². The van der Waals surface area contributed by atoms with Crippen molar-refractivity contribution in [3.63, 3.8) is 0 Å². The first-order valence-corrected chi connectivity index (χ1v) is 7.12. The van der Waals surface area contributed by atoms with E-state index in [1.807, 2.05) is 18.2 Å². The molecule has 0 saturated heterocycles. The standard InChI is InChI=1S/C16H26N2O/c1-5-17-11-14-7-6-8-15(10-14)18-16(19)9-13(4)12(2)3/h6-8,10,12-13,17H,5,9,11H2,1-4H3,(H,18,19). The van der Waals surface area contributed by atoms with Gasteiger partial charge >= 0.3 is 0 Å². The summed E-state index contributed by atoms with van der Waals surface area (Å²) in [6.07, 6.45) is 0.578. The smallest absolute Gasteiger partial charge is 0.224 e. The molecular formula is C16H26N2O. The summed E-state index contributed by atoms with van der Waals surface area (Å²) in [7, 11) is 0. The highest BCUT2D eigenvalue weighted by atomic mass is 16.1. The van der Waals surface area contributed by atoms with Gasteiger partial charge in [-0.05, 0) is 36.1 Å². The van der Waals surface area contributed by atoms with Gasteiger partial charge in [0.25, 0.3) is 0 Å². The Bertz CT molecular complexity index is 401. The molecule has 0 aliphatic rings. The van der Waals surface area contributed by atoms with Gasteiger partial charge in [0.1, 0.15) is 0 Å². The fourth-order valence-corrected chi connectivity index (χ4v) is 1.77. The molecule has 0 aromatic heterocycles. The van der Waals surface area contributed by atoms with Gasteiger partial charge in [0.2, 0.25) is 5.91 Å². The van der Waals surface area contributed by atoms with Crippen molar-refractivity contribution in [3.05, 3.63) is 29.8 Å². The minimum Gasteiger partial charge on any atom is -0.326 e. The average molecular weight is 262 g/mol. The fourth-order valence-electron chi connectivity index (χ4n) is 1.77. The van der Waals surface area contributed by atoms with Gasteiger partial charge in [-0.3, -0.25) is 4.79 Å². The molecule has 0 bridgehead atoms. The number of carbonyl (C=O) groups is 1. The lowest BCUT2D eigenvalue weighted by molar-refractivity contribution is -0.117. The number of rotatable bonds is 7. The maximum Gasteiger partial charge on any atom is 0.224 e. The molecule has 0 aliphatic heterocycles. The first-order valence-electron chi connectivity index (χ1n) is 7.12. The number of nitrogens with one attached hydrogen (secondary N) is 2. The minimum absolute atomic E-state index is 0.0989. The van der Waals surface area contributed by atoms with Crippen LogP contribution in [-0.2, 0) is 11.3 Å². The second kappa shape index (κ2) is 7.95. The molecule has 106 valence electrons. The monoisotopic (exact) mass is 262 g/mol. The molecule has 19 heavy (non-hydrogen) atoms. The van der Waals surface area contributed by atoms with Gasteiger partial charge in [-0.15, -0.1) is 0 Å². The Morgan fingerprint density at radius 3 is 2.63 bits per heavy atom. The third-order valence-corrected chi connectivity index (χ3v) is 3.44. The van der Waals surface area contributed by atoms with E-state index in [9.17, 15) is 4.79 Å². The van der Waals surface area contributed by atoms with Crippen LogP contribution in [0.15, 0.2) is 24.3 Å². The van der Waals surface area contributed by atoms with Gasteiger partial charge in [-0.1, -0.05) is 39.8 Å². The summed E-state index contributed by atoms with van der Waals surface area (Å²) in [5.41, 5.74) is 2.08. The number of carbonyl (C=O) groups excluding carboxylic acids is 1. The van der Waals surface area contributed by atoms with Crippen molar-refractivity contribution < 1.29 is 4.79 Å². The number of benzene rings is 1. The SMILES string of the molecule is CCNCc1cccc(NC(=O)CC(C)C(C)C)c1. The number of hydrogen-bond acceptors (Lipinski definition) is 2. The second-order valence-electron chi connectivity index (χ2n) is 5.45. The van der Waals surface area contributed by atoms with Gasteiger partial charge < -0.3 is 10.6 Å². The molecule has 0 radical (unpaired) electrons. The third-order valence-electron chi connectivity index (χ3n) is 3.44. The zero-order valence-electron chi connectivity index (χ0n) is 12.5. The van der Waals surface area contributed by atoms with E-state index in [4.69, 9.17) is 0 Å². The number of hydrogen-bond donors (Lipinski definition) is 2. The normalized spacial score (nSPS) is 12.5. The molecule has 3 heteroatoms. The van der Waals surface area contributed by atoms with Crippen molar-refractivity contribution in [2.24, 2.45) is 11.8 Å². The Morgan fingerprint density at radius 1 is 1.26 bits per heavy atom. The summed E-state index contributed by atoms with van der Waals surface area (Å²) in [4.78, 5) is 11.9. The Morgan fingerprint density at radius 2 is 2.00 bits per heavy atom. The first kappa shape index (κ1) is 15.7. The molecule has 1 aromatic carbocycles. The lowest BCUT2D eigenvalue weighted by atomic mass is 9.94. The molecular weight excluding hydrogens is 236 g/mol. The molecule has 1 unspecified atom stereocenters. The molecule has 1 rings (SSSR count). The van der Waals surface area contributed by atoms with Crippen LogP contribution < -0.4 is 10.6 Å².